The van der Waals surface area contributed by atoms with Gasteiger partial charge in [-0.15, -0.1) is 0 Å². The van der Waals surface area contributed by atoms with Crippen LogP contribution in [0.5, 0.6) is 5.75 Å². The van der Waals surface area contributed by atoms with Crippen molar-refractivity contribution in [2.24, 2.45) is 0 Å². The number of carbonyl (C=O) groups is 1. The van der Waals surface area contributed by atoms with Crippen molar-refractivity contribution in [3.8, 4) is 5.75 Å². The summed E-state index contributed by atoms with van der Waals surface area (Å²) in [5.41, 5.74) is 1.42. The van der Waals surface area contributed by atoms with Gasteiger partial charge in [-0.25, -0.2) is 4.98 Å². The summed E-state index contributed by atoms with van der Waals surface area (Å²) in [6, 6.07) is 11.4. The fourth-order valence-corrected chi connectivity index (χ4v) is 2.43. The van der Waals surface area contributed by atoms with Crippen molar-refractivity contribution in [1.82, 2.24) is 10.1 Å². The van der Waals surface area contributed by atoms with Crippen molar-refractivity contribution in [2.45, 2.75) is 13.0 Å². The molecule has 1 heterocycles. The van der Waals surface area contributed by atoms with E-state index in [1.54, 1.807) is 48.3 Å². The molecule has 134 valence electrons. The van der Waals surface area contributed by atoms with Crippen LogP contribution in [0.2, 0.25) is 5.02 Å². The fraction of sp³-hybridized carbons (Fsp3) is 0.176. The average Bonchev–Trinajstić information content (AvgIpc) is 2.62. The van der Waals surface area contributed by atoms with Gasteiger partial charge in [-0.05, 0) is 48.2 Å². The Morgan fingerprint density at radius 1 is 1.26 bits per heavy atom. The summed E-state index contributed by atoms with van der Waals surface area (Å²) in [4.78, 5) is 17.2. The molecular formula is C17H14ClN4NaO4. The number of hydrogen-bond acceptors (Lipinski definition) is 7. The molecule has 0 N–H and O–H groups in total. The minimum absolute atomic E-state index is 0. The summed E-state index contributed by atoms with van der Waals surface area (Å²) < 4.78 is 5.23. The number of halogens is 1. The summed E-state index contributed by atoms with van der Waals surface area (Å²) in [7, 11) is 1.71. The minimum atomic E-state index is -1.30. The Morgan fingerprint density at radius 3 is 2.56 bits per heavy atom. The number of carboxylic acids is 1. The van der Waals surface area contributed by atoms with Gasteiger partial charge in [0, 0.05) is 23.8 Å². The van der Waals surface area contributed by atoms with E-state index in [4.69, 9.17) is 16.3 Å². The summed E-state index contributed by atoms with van der Waals surface area (Å²) in [5.74, 6) is -0.714. The van der Waals surface area contributed by atoms with Crippen LogP contribution in [-0.2, 0) is 4.79 Å². The van der Waals surface area contributed by atoms with E-state index in [1.807, 2.05) is 0 Å². The van der Waals surface area contributed by atoms with Crippen molar-refractivity contribution < 1.29 is 49.0 Å². The number of benzene rings is 2. The molecule has 2 aromatic carbocycles. The molecule has 0 saturated carbocycles. The van der Waals surface area contributed by atoms with Crippen LogP contribution in [0.3, 0.4) is 0 Å². The van der Waals surface area contributed by atoms with Gasteiger partial charge in [0.15, 0.2) is 0 Å². The number of ether oxygens (including phenoxy) is 1. The monoisotopic (exact) mass is 396 g/mol. The van der Waals surface area contributed by atoms with Gasteiger partial charge in [0.05, 0.1) is 11.1 Å². The number of nitrogens with zero attached hydrogens (tertiary/aromatic N) is 4. The normalized spacial score (nSPS) is 11.5. The first-order chi connectivity index (χ1) is 12.3. The Labute approximate surface area is 182 Å². The molecule has 0 bridgehead atoms. The van der Waals surface area contributed by atoms with Crippen molar-refractivity contribution >= 4 is 40.2 Å². The average molecular weight is 397 g/mol. The van der Waals surface area contributed by atoms with Crippen molar-refractivity contribution in [3.63, 3.8) is 0 Å². The van der Waals surface area contributed by atoms with E-state index >= 15 is 0 Å². The van der Waals surface area contributed by atoms with Crippen LogP contribution in [0, 0.1) is 5.21 Å². The molecule has 3 aromatic rings. The first kappa shape index (κ1) is 21.2. The van der Waals surface area contributed by atoms with E-state index in [2.05, 4.69) is 10.1 Å². The third-order valence-corrected chi connectivity index (χ3v) is 3.95. The molecule has 1 aromatic heterocycles. The van der Waals surface area contributed by atoms with Crippen molar-refractivity contribution in [1.29, 1.82) is 0 Å². The van der Waals surface area contributed by atoms with Crippen LogP contribution in [-0.4, -0.2) is 29.2 Å². The van der Waals surface area contributed by atoms with Gasteiger partial charge >= 0.3 is 29.6 Å². The maximum Gasteiger partial charge on any atom is 1.00 e. The topological polar surface area (TPSA) is 105 Å². The molecule has 8 nitrogen and oxygen atoms in total. The molecule has 3 rings (SSSR count). The SMILES string of the molecule is CC(Oc1ccc(N(C)c2nc3ccc(Cl)cc3[n+]([O-])n2)cc1)C(=O)[O-].[Na+]. The standard InChI is InChI=1S/C17H15ClN4O4.Na/c1-10(16(23)24)26-13-6-4-12(5-7-13)21(2)17-19-14-8-3-11(18)9-15(14)22(25)20-17;/h3-10H,1-2H3,(H,23,24);/q;+1/p-1. The third kappa shape index (κ3) is 4.78. The number of carbonyl (C=O) groups excluding carboxylic acids is 1. The largest absolute Gasteiger partial charge is 1.00 e. The van der Waals surface area contributed by atoms with Crippen LogP contribution in [0.1, 0.15) is 6.92 Å². The zero-order valence-corrected chi connectivity index (χ0v) is 17.7. The zero-order valence-electron chi connectivity index (χ0n) is 14.9. The Bertz CT molecular complexity index is 971. The molecule has 0 amide bonds. The van der Waals surface area contributed by atoms with E-state index in [0.29, 0.717) is 26.8 Å². The first-order valence-electron chi connectivity index (χ1n) is 7.63. The first-order valence-corrected chi connectivity index (χ1v) is 8.01. The Morgan fingerprint density at radius 2 is 1.93 bits per heavy atom. The summed E-state index contributed by atoms with van der Waals surface area (Å²) in [6.45, 7) is 1.39. The number of carboxylic acid groups (broad SMARTS) is 1. The van der Waals surface area contributed by atoms with E-state index in [-0.39, 0.29) is 41.0 Å². The van der Waals surface area contributed by atoms with Crippen LogP contribution < -0.4 is 49.1 Å². The molecule has 1 unspecified atom stereocenters. The van der Waals surface area contributed by atoms with Gasteiger partial charge in [0.2, 0.25) is 0 Å². The molecule has 0 fully saturated rings. The molecule has 0 spiro atoms. The Balaban J connectivity index is 0.00000261. The molecule has 0 aliphatic carbocycles. The van der Waals surface area contributed by atoms with Crippen molar-refractivity contribution in [2.75, 3.05) is 11.9 Å². The van der Waals surface area contributed by atoms with Gasteiger partial charge in [-0.3, -0.25) is 0 Å². The van der Waals surface area contributed by atoms with Gasteiger partial charge in [0.1, 0.15) is 17.4 Å². The number of anilines is 2. The second-order valence-electron chi connectivity index (χ2n) is 5.55. The van der Waals surface area contributed by atoms with Crippen LogP contribution in [0.15, 0.2) is 42.5 Å². The number of aromatic nitrogens is 3. The number of rotatable bonds is 5. The summed E-state index contributed by atoms with van der Waals surface area (Å²) in [5, 5.41) is 27.2. The molecule has 0 aliphatic heterocycles. The molecule has 0 aliphatic rings. The fourth-order valence-electron chi connectivity index (χ4n) is 2.27. The second-order valence-corrected chi connectivity index (χ2v) is 5.99. The van der Waals surface area contributed by atoms with Crippen LogP contribution >= 0.6 is 11.6 Å². The molecule has 0 saturated heterocycles. The third-order valence-electron chi connectivity index (χ3n) is 3.71. The van der Waals surface area contributed by atoms with Crippen LogP contribution in [0.4, 0.5) is 11.6 Å². The van der Waals surface area contributed by atoms with E-state index in [9.17, 15) is 15.1 Å². The van der Waals surface area contributed by atoms with Gasteiger partial charge in [-0.2, -0.15) is 0 Å². The summed E-state index contributed by atoms with van der Waals surface area (Å²) in [6.07, 6.45) is -1.06. The molecule has 0 radical (unpaired) electrons. The van der Waals surface area contributed by atoms with Gasteiger partial charge < -0.3 is 24.7 Å². The molecule has 10 heteroatoms. The minimum Gasteiger partial charge on any atom is -0.594 e. The molecule has 1 atom stereocenters. The maximum atomic E-state index is 12.1. The predicted molar refractivity (Wildman–Crippen MR) is 93.1 cm³/mol. The number of hydrogen-bond donors (Lipinski definition) is 0. The molecular weight excluding hydrogens is 383 g/mol. The summed E-state index contributed by atoms with van der Waals surface area (Å²) >= 11 is 5.89. The second kappa shape index (κ2) is 8.71. The predicted octanol–water partition coefficient (Wildman–Crippen LogP) is -1.79. The molecule has 27 heavy (non-hydrogen) atoms. The quantitative estimate of drug-likeness (QED) is 0.285. The number of aliphatic carboxylic acids is 1. The Kier molecular flexibility index (Phi) is 6.83. The van der Waals surface area contributed by atoms with E-state index < -0.39 is 12.1 Å². The maximum absolute atomic E-state index is 12.1. The van der Waals surface area contributed by atoms with Crippen molar-refractivity contribution in [3.05, 3.63) is 52.7 Å². The smallest absolute Gasteiger partial charge is 0.594 e. The van der Waals surface area contributed by atoms with Gasteiger partial charge in [-0.1, -0.05) is 11.6 Å². The zero-order chi connectivity index (χ0) is 18.8. The van der Waals surface area contributed by atoms with Gasteiger partial charge in [0.25, 0.3) is 11.5 Å². The Hall–Kier alpha value is -2.13. The van der Waals surface area contributed by atoms with E-state index in [1.165, 1.54) is 13.0 Å². The van der Waals surface area contributed by atoms with Crippen LogP contribution in [0.25, 0.3) is 11.0 Å². The van der Waals surface area contributed by atoms with E-state index in [0.717, 1.165) is 0 Å². The number of fused-ring (bicyclic) bond motifs is 1.